The third-order valence-corrected chi connectivity index (χ3v) is 4.14. The van der Waals surface area contributed by atoms with E-state index in [1.54, 1.807) is 6.20 Å². The Kier molecular flexibility index (Phi) is 6.01. The second-order valence-corrected chi connectivity index (χ2v) is 5.86. The summed E-state index contributed by atoms with van der Waals surface area (Å²) in [4.78, 5) is 0. The summed E-state index contributed by atoms with van der Waals surface area (Å²) < 4.78 is 7.69. The highest BCUT2D eigenvalue weighted by Gasteiger charge is 2.22. The van der Waals surface area contributed by atoms with Crippen molar-refractivity contribution in [1.82, 2.24) is 15.1 Å². The molecular formula is C15H27N3O2. The van der Waals surface area contributed by atoms with Crippen molar-refractivity contribution in [2.45, 2.75) is 51.4 Å². The maximum Gasteiger partial charge on any atom is 0.0897 e. The molecule has 2 rings (SSSR count). The van der Waals surface area contributed by atoms with Crippen LogP contribution in [-0.2, 0) is 18.3 Å². The van der Waals surface area contributed by atoms with E-state index < -0.39 is 6.10 Å². The summed E-state index contributed by atoms with van der Waals surface area (Å²) in [5.74, 6) is 0.623. The van der Waals surface area contributed by atoms with Gasteiger partial charge in [0.25, 0.3) is 0 Å². The molecule has 0 aliphatic heterocycles. The van der Waals surface area contributed by atoms with Crippen LogP contribution in [0.3, 0.4) is 0 Å². The molecule has 0 radical (unpaired) electrons. The smallest absolute Gasteiger partial charge is 0.0897 e. The molecule has 1 heterocycles. The van der Waals surface area contributed by atoms with Gasteiger partial charge in [-0.3, -0.25) is 4.68 Å². The second-order valence-electron chi connectivity index (χ2n) is 5.86. The third-order valence-electron chi connectivity index (χ3n) is 4.14. The Morgan fingerprint density at radius 3 is 3.00 bits per heavy atom. The molecule has 2 N–H and O–H groups in total. The second kappa shape index (κ2) is 7.76. The quantitative estimate of drug-likeness (QED) is 0.794. The van der Waals surface area contributed by atoms with Gasteiger partial charge in [-0.2, -0.15) is 5.10 Å². The van der Waals surface area contributed by atoms with E-state index in [-0.39, 0.29) is 0 Å². The van der Waals surface area contributed by atoms with Crippen molar-refractivity contribution in [2.24, 2.45) is 13.0 Å². The summed E-state index contributed by atoms with van der Waals surface area (Å²) in [5.41, 5.74) is 1.11. The molecule has 1 aliphatic rings. The lowest BCUT2D eigenvalue weighted by Crippen LogP contribution is -2.34. The van der Waals surface area contributed by atoms with Gasteiger partial charge in [0.15, 0.2) is 0 Å². The monoisotopic (exact) mass is 281 g/mol. The normalized spacial score (nSPS) is 24.8. The Morgan fingerprint density at radius 2 is 2.30 bits per heavy atom. The predicted molar refractivity (Wildman–Crippen MR) is 78.3 cm³/mol. The standard InChI is InChI=1S/C15H27N3O2/c1-12-5-3-4-6-15(12)20-11-14(19)10-16-9-13-7-8-17-18(13)2/h7-8,12,14-16,19H,3-6,9-11H2,1-2H3. The van der Waals surface area contributed by atoms with Crippen molar-refractivity contribution < 1.29 is 9.84 Å². The van der Waals surface area contributed by atoms with E-state index in [0.717, 1.165) is 12.1 Å². The van der Waals surface area contributed by atoms with E-state index in [9.17, 15) is 5.11 Å². The molecule has 20 heavy (non-hydrogen) atoms. The minimum absolute atomic E-state index is 0.329. The summed E-state index contributed by atoms with van der Waals surface area (Å²) >= 11 is 0. The van der Waals surface area contributed by atoms with Crippen LogP contribution in [0.4, 0.5) is 0 Å². The van der Waals surface area contributed by atoms with Crippen LogP contribution >= 0.6 is 0 Å². The first-order valence-corrected chi connectivity index (χ1v) is 7.64. The molecule has 0 aromatic carbocycles. The van der Waals surface area contributed by atoms with Gasteiger partial charge in [0.1, 0.15) is 0 Å². The molecule has 1 aliphatic carbocycles. The fraction of sp³-hybridized carbons (Fsp3) is 0.800. The highest BCUT2D eigenvalue weighted by atomic mass is 16.5. The third kappa shape index (κ3) is 4.58. The van der Waals surface area contributed by atoms with E-state index >= 15 is 0 Å². The summed E-state index contributed by atoms with van der Waals surface area (Å²) in [7, 11) is 1.92. The fourth-order valence-corrected chi connectivity index (χ4v) is 2.77. The van der Waals surface area contributed by atoms with Crippen molar-refractivity contribution in [3.63, 3.8) is 0 Å². The molecule has 0 spiro atoms. The van der Waals surface area contributed by atoms with Crippen molar-refractivity contribution >= 4 is 0 Å². The Balaban J connectivity index is 1.60. The van der Waals surface area contributed by atoms with Crippen LogP contribution in [0, 0.1) is 5.92 Å². The molecular weight excluding hydrogens is 254 g/mol. The first-order chi connectivity index (χ1) is 9.66. The molecule has 1 aromatic heterocycles. The molecule has 1 fully saturated rings. The van der Waals surface area contributed by atoms with Gasteiger partial charge in [-0.05, 0) is 24.8 Å². The number of rotatable bonds is 7. The molecule has 0 amide bonds. The molecule has 0 saturated heterocycles. The fourth-order valence-electron chi connectivity index (χ4n) is 2.77. The van der Waals surface area contributed by atoms with Gasteiger partial charge < -0.3 is 15.2 Å². The number of hydrogen-bond acceptors (Lipinski definition) is 4. The van der Waals surface area contributed by atoms with Gasteiger partial charge in [-0.15, -0.1) is 0 Å². The zero-order valence-corrected chi connectivity index (χ0v) is 12.6. The predicted octanol–water partition coefficient (Wildman–Crippen LogP) is 1.47. The van der Waals surface area contributed by atoms with E-state index in [1.165, 1.54) is 19.3 Å². The van der Waals surface area contributed by atoms with Crippen LogP contribution < -0.4 is 5.32 Å². The van der Waals surface area contributed by atoms with Crippen LogP contribution in [0.2, 0.25) is 0 Å². The number of nitrogens with zero attached hydrogens (tertiary/aromatic N) is 2. The lowest BCUT2D eigenvalue weighted by atomic mass is 9.88. The Hall–Kier alpha value is -0.910. The summed E-state index contributed by atoms with van der Waals surface area (Å²) in [6.45, 7) is 3.93. The summed E-state index contributed by atoms with van der Waals surface area (Å²) in [6.07, 6.45) is 6.61. The van der Waals surface area contributed by atoms with Crippen LogP contribution in [0.1, 0.15) is 38.3 Å². The molecule has 5 nitrogen and oxygen atoms in total. The van der Waals surface area contributed by atoms with Crippen LogP contribution in [-0.4, -0.2) is 40.2 Å². The first kappa shape index (κ1) is 15.5. The lowest BCUT2D eigenvalue weighted by molar-refractivity contribution is -0.0452. The number of ether oxygens (including phenoxy) is 1. The highest BCUT2D eigenvalue weighted by Crippen LogP contribution is 2.26. The summed E-state index contributed by atoms with van der Waals surface area (Å²) in [5, 5.41) is 17.3. The first-order valence-electron chi connectivity index (χ1n) is 7.64. The van der Waals surface area contributed by atoms with Crippen molar-refractivity contribution in [3.8, 4) is 0 Å². The largest absolute Gasteiger partial charge is 0.389 e. The van der Waals surface area contributed by atoms with Gasteiger partial charge in [-0.25, -0.2) is 0 Å². The highest BCUT2D eigenvalue weighted by molar-refractivity contribution is 4.99. The lowest BCUT2D eigenvalue weighted by Gasteiger charge is -2.29. The molecule has 5 heteroatoms. The van der Waals surface area contributed by atoms with E-state index in [0.29, 0.717) is 31.7 Å². The molecule has 3 unspecified atom stereocenters. The topological polar surface area (TPSA) is 59.3 Å². The Morgan fingerprint density at radius 1 is 1.50 bits per heavy atom. The Labute approximate surface area is 121 Å². The van der Waals surface area contributed by atoms with Crippen LogP contribution in [0.15, 0.2) is 12.3 Å². The zero-order chi connectivity index (χ0) is 14.4. The minimum atomic E-state index is -0.447. The van der Waals surface area contributed by atoms with Crippen molar-refractivity contribution in [3.05, 3.63) is 18.0 Å². The number of nitrogens with one attached hydrogen (secondary N) is 1. The van der Waals surface area contributed by atoms with Gasteiger partial charge in [0.2, 0.25) is 0 Å². The van der Waals surface area contributed by atoms with Gasteiger partial charge in [0, 0.05) is 26.3 Å². The maximum absolute atomic E-state index is 9.95. The zero-order valence-electron chi connectivity index (χ0n) is 12.6. The van der Waals surface area contributed by atoms with E-state index in [2.05, 4.69) is 17.3 Å². The van der Waals surface area contributed by atoms with Crippen LogP contribution in [0.5, 0.6) is 0 Å². The molecule has 3 atom stereocenters. The van der Waals surface area contributed by atoms with E-state index in [1.807, 2.05) is 17.8 Å². The summed E-state index contributed by atoms with van der Waals surface area (Å²) in [6, 6.07) is 1.97. The molecule has 1 saturated carbocycles. The number of aryl methyl sites for hydroxylation is 1. The molecule has 1 aromatic rings. The Bertz CT molecular complexity index is 394. The van der Waals surface area contributed by atoms with Gasteiger partial charge in [-0.1, -0.05) is 19.8 Å². The SMILES string of the molecule is CC1CCCCC1OCC(O)CNCc1ccnn1C. The number of aromatic nitrogens is 2. The van der Waals surface area contributed by atoms with Gasteiger partial charge in [0.05, 0.1) is 24.5 Å². The van der Waals surface area contributed by atoms with Gasteiger partial charge >= 0.3 is 0 Å². The van der Waals surface area contributed by atoms with E-state index in [4.69, 9.17) is 4.74 Å². The van der Waals surface area contributed by atoms with Crippen LogP contribution in [0.25, 0.3) is 0 Å². The molecule has 114 valence electrons. The number of aliphatic hydroxyl groups is 1. The maximum atomic E-state index is 9.95. The van der Waals surface area contributed by atoms with Crippen molar-refractivity contribution in [1.29, 1.82) is 0 Å². The average molecular weight is 281 g/mol. The number of hydrogen-bond donors (Lipinski definition) is 2. The van der Waals surface area contributed by atoms with Crippen molar-refractivity contribution in [2.75, 3.05) is 13.2 Å². The molecule has 0 bridgehead atoms. The average Bonchev–Trinajstić information content (AvgIpc) is 2.84. The minimum Gasteiger partial charge on any atom is -0.389 e. The number of aliphatic hydroxyl groups excluding tert-OH is 1.